The fourth-order valence-corrected chi connectivity index (χ4v) is 3.06. The van der Waals surface area contributed by atoms with Crippen molar-refractivity contribution in [1.29, 1.82) is 0 Å². The molecule has 1 aliphatic rings. The van der Waals surface area contributed by atoms with Crippen LogP contribution in [0.25, 0.3) is 0 Å². The van der Waals surface area contributed by atoms with E-state index in [1.54, 1.807) is 0 Å². The summed E-state index contributed by atoms with van der Waals surface area (Å²) in [5.74, 6) is 0.791. The molecule has 1 aliphatic heterocycles. The Labute approximate surface area is 118 Å². The number of nitrogens with zero attached hydrogens (tertiary/aromatic N) is 1. The molecule has 0 amide bonds. The van der Waals surface area contributed by atoms with Gasteiger partial charge in [-0.25, -0.2) is 0 Å². The second kappa shape index (κ2) is 5.54. The van der Waals surface area contributed by atoms with Crippen LogP contribution in [0, 0.1) is 18.3 Å². The SMILES string of the molecule is Cc1ccc(N2CCC(C(C)(C)C)C2)c(CCN)c1. The molecule has 1 saturated heterocycles. The highest BCUT2D eigenvalue weighted by molar-refractivity contribution is 5.56. The molecule has 19 heavy (non-hydrogen) atoms. The maximum Gasteiger partial charge on any atom is 0.0399 e. The van der Waals surface area contributed by atoms with E-state index in [4.69, 9.17) is 5.73 Å². The van der Waals surface area contributed by atoms with E-state index >= 15 is 0 Å². The molecule has 1 unspecified atom stereocenters. The van der Waals surface area contributed by atoms with Crippen molar-refractivity contribution in [1.82, 2.24) is 0 Å². The molecule has 1 heterocycles. The monoisotopic (exact) mass is 260 g/mol. The molecule has 1 aromatic rings. The fourth-order valence-electron chi connectivity index (χ4n) is 3.06. The third-order valence-corrected chi connectivity index (χ3v) is 4.40. The van der Waals surface area contributed by atoms with Crippen molar-refractivity contribution < 1.29 is 0 Å². The zero-order valence-corrected chi connectivity index (χ0v) is 12.9. The second-order valence-electron chi connectivity index (χ2n) is 6.97. The Balaban J connectivity index is 2.19. The Morgan fingerprint density at radius 2 is 2.05 bits per heavy atom. The molecule has 2 rings (SSSR count). The number of rotatable bonds is 3. The highest BCUT2D eigenvalue weighted by Gasteiger charge is 2.32. The van der Waals surface area contributed by atoms with Gasteiger partial charge in [-0.05, 0) is 49.3 Å². The summed E-state index contributed by atoms with van der Waals surface area (Å²) in [5.41, 5.74) is 10.3. The number of hydrogen-bond donors (Lipinski definition) is 1. The third-order valence-electron chi connectivity index (χ3n) is 4.40. The molecule has 0 bridgehead atoms. The number of anilines is 1. The van der Waals surface area contributed by atoms with E-state index in [0.717, 1.165) is 18.9 Å². The summed E-state index contributed by atoms with van der Waals surface area (Å²) in [5, 5.41) is 0. The molecule has 0 saturated carbocycles. The van der Waals surface area contributed by atoms with Crippen molar-refractivity contribution in [3.05, 3.63) is 29.3 Å². The first kappa shape index (κ1) is 14.4. The van der Waals surface area contributed by atoms with Crippen LogP contribution in [0.1, 0.15) is 38.3 Å². The largest absolute Gasteiger partial charge is 0.371 e. The predicted octanol–water partition coefficient (Wildman–Crippen LogP) is 3.37. The standard InChI is InChI=1S/C17H28N2/c1-13-5-6-16(14(11-13)7-9-18)19-10-8-15(12-19)17(2,3)4/h5-6,11,15H,7-10,12,18H2,1-4H3. The summed E-state index contributed by atoms with van der Waals surface area (Å²) >= 11 is 0. The van der Waals surface area contributed by atoms with Crippen LogP contribution in [-0.4, -0.2) is 19.6 Å². The third kappa shape index (κ3) is 3.30. The smallest absolute Gasteiger partial charge is 0.0399 e. The van der Waals surface area contributed by atoms with Gasteiger partial charge in [-0.2, -0.15) is 0 Å². The average Bonchev–Trinajstić information content (AvgIpc) is 2.78. The Kier molecular flexibility index (Phi) is 4.19. The van der Waals surface area contributed by atoms with Crippen molar-refractivity contribution >= 4 is 5.69 Å². The first-order valence-corrected chi connectivity index (χ1v) is 7.46. The molecular formula is C17H28N2. The molecule has 0 radical (unpaired) electrons. The van der Waals surface area contributed by atoms with Gasteiger partial charge in [0.25, 0.3) is 0 Å². The van der Waals surface area contributed by atoms with Gasteiger partial charge in [0.15, 0.2) is 0 Å². The van der Waals surface area contributed by atoms with Crippen LogP contribution in [0.2, 0.25) is 0 Å². The van der Waals surface area contributed by atoms with Crippen molar-refractivity contribution in [3.8, 4) is 0 Å². The zero-order chi connectivity index (χ0) is 14.0. The topological polar surface area (TPSA) is 29.3 Å². The van der Waals surface area contributed by atoms with Crippen molar-refractivity contribution in [3.63, 3.8) is 0 Å². The Morgan fingerprint density at radius 3 is 2.63 bits per heavy atom. The molecule has 1 fully saturated rings. The van der Waals surface area contributed by atoms with Crippen LogP contribution in [0.15, 0.2) is 18.2 Å². The van der Waals surface area contributed by atoms with Gasteiger partial charge < -0.3 is 10.6 Å². The molecule has 1 atom stereocenters. The molecule has 0 aromatic heterocycles. The molecule has 106 valence electrons. The van der Waals surface area contributed by atoms with Gasteiger partial charge >= 0.3 is 0 Å². The Hall–Kier alpha value is -1.02. The van der Waals surface area contributed by atoms with Crippen molar-refractivity contribution in [2.45, 2.75) is 40.5 Å². The predicted molar refractivity (Wildman–Crippen MR) is 83.7 cm³/mol. The highest BCUT2D eigenvalue weighted by atomic mass is 15.2. The molecule has 0 aliphatic carbocycles. The molecule has 2 heteroatoms. The van der Waals surface area contributed by atoms with E-state index in [1.165, 1.54) is 36.3 Å². The van der Waals surface area contributed by atoms with Crippen LogP contribution >= 0.6 is 0 Å². The lowest BCUT2D eigenvalue weighted by atomic mass is 9.80. The fraction of sp³-hybridized carbons (Fsp3) is 0.647. The first-order valence-electron chi connectivity index (χ1n) is 7.46. The maximum atomic E-state index is 5.76. The molecular weight excluding hydrogens is 232 g/mol. The van der Waals surface area contributed by atoms with Gasteiger partial charge in [-0.1, -0.05) is 38.5 Å². The van der Waals surface area contributed by atoms with Gasteiger partial charge in [0, 0.05) is 18.8 Å². The lowest BCUT2D eigenvalue weighted by Gasteiger charge is -2.28. The minimum Gasteiger partial charge on any atom is -0.371 e. The zero-order valence-electron chi connectivity index (χ0n) is 12.9. The summed E-state index contributed by atoms with van der Waals surface area (Å²) in [6.07, 6.45) is 2.28. The minimum absolute atomic E-state index is 0.410. The Morgan fingerprint density at radius 1 is 1.32 bits per heavy atom. The first-order chi connectivity index (χ1) is 8.91. The van der Waals surface area contributed by atoms with E-state index in [1.807, 2.05) is 0 Å². The Bertz CT molecular complexity index is 431. The van der Waals surface area contributed by atoms with E-state index in [9.17, 15) is 0 Å². The molecule has 1 aromatic carbocycles. The quantitative estimate of drug-likeness (QED) is 0.903. The number of benzene rings is 1. The highest BCUT2D eigenvalue weighted by Crippen LogP contribution is 2.36. The van der Waals surface area contributed by atoms with Gasteiger partial charge in [-0.3, -0.25) is 0 Å². The van der Waals surface area contributed by atoms with E-state index < -0.39 is 0 Å². The van der Waals surface area contributed by atoms with Gasteiger partial charge in [0.1, 0.15) is 0 Å². The minimum atomic E-state index is 0.410. The summed E-state index contributed by atoms with van der Waals surface area (Å²) in [4.78, 5) is 2.56. The molecule has 2 nitrogen and oxygen atoms in total. The summed E-state index contributed by atoms with van der Waals surface area (Å²) in [7, 11) is 0. The van der Waals surface area contributed by atoms with Crippen LogP contribution in [0.5, 0.6) is 0 Å². The summed E-state index contributed by atoms with van der Waals surface area (Å²) < 4.78 is 0. The number of hydrogen-bond acceptors (Lipinski definition) is 2. The van der Waals surface area contributed by atoms with Crippen LogP contribution < -0.4 is 10.6 Å². The summed E-state index contributed by atoms with van der Waals surface area (Å²) in [6, 6.07) is 6.80. The summed E-state index contributed by atoms with van der Waals surface area (Å²) in [6.45, 7) is 12.3. The van der Waals surface area contributed by atoms with Gasteiger partial charge in [-0.15, -0.1) is 0 Å². The normalized spacial score (nSPS) is 20.1. The molecule has 2 N–H and O–H groups in total. The van der Waals surface area contributed by atoms with E-state index in [2.05, 4.69) is 50.8 Å². The molecule has 0 spiro atoms. The second-order valence-corrected chi connectivity index (χ2v) is 6.97. The van der Waals surface area contributed by atoms with E-state index in [-0.39, 0.29) is 0 Å². The maximum absolute atomic E-state index is 5.76. The van der Waals surface area contributed by atoms with Crippen LogP contribution in [0.4, 0.5) is 5.69 Å². The van der Waals surface area contributed by atoms with Crippen LogP contribution in [0.3, 0.4) is 0 Å². The van der Waals surface area contributed by atoms with E-state index in [0.29, 0.717) is 5.41 Å². The lowest BCUT2D eigenvalue weighted by Crippen LogP contribution is -2.26. The average molecular weight is 260 g/mol. The lowest BCUT2D eigenvalue weighted by molar-refractivity contribution is 0.263. The number of aryl methyl sites for hydroxylation is 1. The number of nitrogens with two attached hydrogens (primary N) is 1. The van der Waals surface area contributed by atoms with Crippen LogP contribution in [-0.2, 0) is 6.42 Å². The van der Waals surface area contributed by atoms with Crippen molar-refractivity contribution in [2.24, 2.45) is 17.1 Å². The van der Waals surface area contributed by atoms with Gasteiger partial charge in [0.05, 0.1) is 0 Å². The van der Waals surface area contributed by atoms with Crippen molar-refractivity contribution in [2.75, 3.05) is 24.5 Å². The van der Waals surface area contributed by atoms with Gasteiger partial charge in [0.2, 0.25) is 0 Å².